The summed E-state index contributed by atoms with van der Waals surface area (Å²) >= 11 is 1.58. The average Bonchev–Trinajstić information content (AvgIpc) is 3.20. The van der Waals surface area contributed by atoms with Crippen LogP contribution in [0.25, 0.3) is 0 Å². The number of aryl methyl sites for hydroxylation is 1. The Bertz CT molecular complexity index is 690. The van der Waals surface area contributed by atoms with Gasteiger partial charge in [-0.1, -0.05) is 19.3 Å². The average molecular weight is 349 g/mol. The Morgan fingerprint density at radius 1 is 1.42 bits per heavy atom. The van der Waals surface area contributed by atoms with E-state index in [-0.39, 0.29) is 6.03 Å². The number of amides is 2. The Kier molecular flexibility index (Phi) is 5.34. The fourth-order valence-electron chi connectivity index (χ4n) is 3.05. The first-order chi connectivity index (χ1) is 11.7. The summed E-state index contributed by atoms with van der Waals surface area (Å²) in [6.45, 7) is 0.351. The van der Waals surface area contributed by atoms with Crippen molar-refractivity contribution >= 4 is 22.5 Å². The van der Waals surface area contributed by atoms with Crippen molar-refractivity contribution in [1.82, 2.24) is 20.1 Å². The molecule has 0 atom stereocenters. The van der Waals surface area contributed by atoms with Gasteiger partial charge in [0.1, 0.15) is 0 Å². The standard InChI is InChI=1S/C16H23N5O2S/c1-21-10-12(14(20-21)23-2)8-17-15(22)19-16-18-9-13(24-16)11-6-4-3-5-7-11/h9-11H,3-8H2,1-2H3,(H2,17,18,19,22). The van der Waals surface area contributed by atoms with Crippen LogP contribution in [-0.2, 0) is 13.6 Å². The zero-order valence-electron chi connectivity index (χ0n) is 14.0. The molecule has 1 fully saturated rings. The highest BCUT2D eigenvalue weighted by Crippen LogP contribution is 2.36. The molecule has 8 heteroatoms. The summed E-state index contributed by atoms with van der Waals surface area (Å²) < 4.78 is 6.83. The molecule has 0 aliphatic heterocycles. The zero-order chi connectivity index (χ0) is 16.9. The lowest BCUT2D eigenvalue weighted by molar-refractivity contribution is 0.251. The predicted molar refractivity (Wildman–Crippen MR) is 93.6 cm³/mol. The van der Waals surface area contributed by atoms with Crippen LogP contribution in [0.4, 0.5) is 9.93 Å². The number of hydrogen-bond acceptors (Lipinski definition) is 5. The number of urea groups is 1. The number of anilines is 1. The zero-order valence-corrected chi connectivity index (χ0v) is 14.9. The topological polar surface area (TPSA) is 81.1 Å². The third-order valence-corrected chi connectivity index (χ3v) is 5.33. The van der Waals surface area contributed by atoms with Gasteiger partial charge in [0.15, 0.2) is 5.13 Å². The van der Waals surface area contributed by atoms with Gasteiger partial charge >= 0.3 is 6.03 Å². The van der Waals surface area contributed by atoms with Crippen molar-refractivity contribution in [3.05, 3.63) is 22.8 Å². The van der Waals surface area contributed by atoms with E-state index < -0.39 is 0 Å². The number of hydrogen-bond donors (Lipinski definition) is 2. The maximum absolute atomic E-state index is 12.1. The van der Waals surface area contributed by atoms with Crippen LogP contribution >= 0.6 is 11.3 Å². The largest absolute Gasteiger partial charge is 0.480 e. The fraction of sp³-hybridized carbons (Fsp3) is 0.562. The van der Waals surface area contributed by atoms with E-state index in [2.05, 4.69) is 20.7 Å². The molecule has 2 aromatic heterocycles. The molecular weight excluding hydrogens is 326 g/mol. The van der Waals surface area contributed by atoms with Crippen LogP contribution in [0.5, 0.6) is 5.88 Å². The van der Waals surface area contributed by atoms with E-state index in [0.717, 1.165) is 5.56 Å². The number of carbonyl (C=O) groups is 1. The van der Waals surface area contributed by atoms with Gasteiger partial charge in [-0.25, -0.2) is 9.78 Å². The van der Waals surface area contributed by atoms with Gasteiger partial charge in [-0.2, -0.15) is 0 Å². The molecule has 3 rings (SSSR count). The van der Waals surface area contributed by atoms with Crippen LogP contribution in [0, 0.1) is 0 Å². The molecule has 1 aliphatic carbocycles. The Hall–Kier alpha value is -2.09. The van der Waals surface area contributed by atoms with Gasteiger partial charge in [-0.05, 0) is 18.8 Å². The Labute approximate surface area is 145 Å². The molecule has 24 heavy (non-hydrogen) atoms. The number of methoxy groups -OCH3 is 1. The molecule has 0 saturated heterocycles. The summed E-state index contributed by atoms with van der Waals surface area (Å²) in [6.07, 6.45) is 10.1. The normalized spacial score (nSPS) is 15.2. The van der Waals surface area contributed by atoms with Crippen molar-refractivity contribution in [1.29, 1.82) is 0 Å². The molecule has 2 heterocycles. The van der Waals surface area contributed by atoms with Crippen LogP contribution in [-0.4, -0.2) is 27.9 Å². The van der Waals surface area contributed by atoms with Gasteiger partial charge < -0.3 is 10.1 Å². The Balaban J connectivity index is 1.52. The molecule has 0 unspecified atom stereocenters. The van der Waals surface area contributed by atoms with E-state index in [0.29, 0.717) is 23.5 Å². The predicted octanol–water partition coefficient (Wildman–Crippen LogP) is 3.25. The van der Waals surface area contributed by atoms with Gasteiger partial charge in [0.2, 0.25) is 5.88 Å². The second-order valence-electron chi connectivity index (χ2n) is 6.05. The minimum Gasteiger partial charge on any atom is -0.480 e. The van der Waals surface area contributed by atoms with E-state index in [1.807, 2.05) is 19.4 Å². The quantitative estimate of drug-likeness (QED) is 0.868. The molecule has 2 aromatic rings. The summed E-state index contributed by atoms with van der Waals surface area (Å²) in [5.74, 6) is 1.13. The first-order valence-corrected chi connectivity index (χ1v) is 9.04. The maximum Gasteiger partial charge on any atom is 0.321 e. The monoisotopic (exact) mass is 349 g/mol. The summed E-state index contributed by atoms with van der Waals surface area (Å²) in [5.41, 5.74) is 0.831. The second kappa shape index (κ2) is 7.65. The molecule has 2 N–H and O–H groups in total. The highest BCUT2D eigenvalue weighted by molar-refractivity contribution is 7.15. The van der Waals surface area contributed by atoms with Crippen molar-refractivity contribution in [3.8, 4) is 5.88 Å². The van der Waals surface area contributed by atoms with Gasteiger partial charge in [0.25, 0.3) is 0 Å². The highest BCUT2D eigenvalue weighted by atomic mass is 32.1. The van der Waals surface area contributed by atoms with Crippen molar-refractivity contribution in [2.75, 3.05) is 12.4 Å². The Morgan fingerprint density at radius 3 is 2.96 bits per heavy atom. The minimum atomic E-state index is -0.273. The molecule has 130 valence electrons. The maximum atomic E-state index is 12.1. The van der Waals surface area contributed by atoms with E-state index in [1.165, 1.54) is 37.0 Å². The molecule has 1 aliphatic rings. The third kappa shape index (κ3) is 4.05. The molecular formula is C16H23N5O2S. The lowest BCUT2D eigenvalue weighted by Crippen LogP contribution is -2.28. The number of aromatic nitrogens is 3. The first kappa shape index (κ1) is 16.8. The first-order valence-electron chi connectivity index (χ1n) is 8.23. The summed E-state index contributed by atoms with van der Waals surface area (Å²) in [5, 5.41) is 10.4. The van der Waals surface area contributed by atoms with Crippen molar-refractivity contribution in [3.63, 3.8) is 0 Å². The van der Waals surface area contributed by atoms with Gasteiger partial charge in [0, 0.05) is 24.3 Å². The number of nitrogens with zero attached hydrogens (tertiary/aromatic N) is 3. The Morgan fingerprint density at radius 2 is 2.21 bits per heavy atom. The van der Waals surface area contributed by atoms with Crippen molar-refractivity contribution in [2.45, 2.75) is 44.6 Å². The summed E-state index contributed by atoms with van der Waals surface area (Å²) in [7, 11) is 3.38. The fourth-order valence-corrected chi connectivity index (χ4v) is 4.03. The number of thiazole rings is 1. The number of nitrogens with one attached hydrogen (secondary N) is 2. The summed E-state index contributed by atoms with van der Waals surface area (Å²) in [6, 6.07) is -0.273. The van der Waals surface area contributed by atoms with Crippen LogP contribution < -0.4 is 15.4 Å². The molecule has 0 bridgehead atoms. The SMILES string of the molecule is COc1nn(C)cc1CNC(=O)Nc1ncc(C2CCCCC2)s1. The number of ether oxygens (including phenoxy) is 1. The van der Waals surface area contributed by atoms with E-state index in [4.69, 9.17) is 4.74 Å². The van der Waals surface area contributed by atoms with Crippen LogP contribution in [0.3, 0.4) is 0 Å². The molecule has 2 amide bonds. The van der Waals surface area contributed by atoms with Crippen molar-refractivity contribution in [2.24, 2.45) is 7.05 Å². The van der Waals surface area contributed by atoms with E-state index >= 15 is 0 Å². The molecule has 1 saturated carbocycles. The number of rotatable bonds is 5. The van der Waals surface area contributed by atoms with Crippen LogP contribution in [0.15, 0.2) is 12.4 Å². The lowest BCUT2D eigenvalue weighted by Gasteiger charge is -2.19. The van der Waals surface area contributed by atoms with Gasteiger partial charge in [-0.15, -0.1) is 16.4 Å². The number of carbonyl (C=O) groups excluding carboxylic acids is 1. The van der Waals surface area contributed by atoms with E-state index in [9.17, 15) is 4.79 Å². The lowest BCUT2D eigenvalue weighted by atomic mass is 9.89. The molecule has 7 nitrogen and oxygen atoms in total. The highest BCUT2D eigenvalue weighted by Gasteiger charge is 2.18. The van der Waals surface area contributed by atoms with Crippen LogP contribution in [0.2, 0.25) is 0 Å². The summed E-state index contributed by atoms with van der Waals surface area (Å²) in [4.78, 5) is 17.7. The third-order valence-electron chi connectivity index (χ3n) is 4.25. The van der Waals surface area contributed by atoms with Gasteiger partial charge in [0.05, 0.1) is 19.2 Å². The molecule has 0 radical (unpaired) electrons. The van der Waals surface area contributed by atoms with Gasteiger partial charge in [-0.3, -0.25) is 10.00 Å². The van der Waals surface area contributed by atoms with E-state index in [1.54, 1.807) is 23.1 Å². The second-order valence-corrected chi connectivity index (χ2v) is 7.11. The van der Waals surface area contributed by atoms with Crippen molar-refractivity contribution < 1.29 is 9.53 Å². The van der Waals surface area contributed by atoms with Crippen LogP contribution in [0.1, 0.15) is 48.5 Å². The minimum absolute atomic E-state index is 0.273. The smallest absolute Gasteiger partial charge is 0.321 e. The molecule has 0 spiro atoms. The molecule has 0 aromatic carbocycles.